The molecule has 0 heterocycles. The Hall–Kier alpha value is -0.730. The Morgan fingerprint density at radius 1 is 1.30 bits per heavy atom. The van der Waals surface area contributed by atoms with E-state index in [-0.39, 0.29) is 11.3 Å². The number of hydrogen-bond acceptors (Lipinski definition) is 1. The zero-order chi connectivity index (χ0) is 14.9. The summed E-state index contributed by atoms with van der Waals surface area (Å²) in [4.78, 5) is 12.1. The second-order valence-electron chi connectivity index (χ2n) is 6.24. The molecule has 2 nitrogen and oxygen atoms in total. The van der Waals surface area contributed by atoms with Crippen molar-refractivity contribution in [1.29, 1.82) is 0 Å². The van der Waals surface area contributed by atoms with Crippen LogP contribution >= 0.6 is 23.2 Å². The summed E-state index contributed by atoms with van der Waals surface area (Å²) >= 11 is 11.8. The van der Waals surface area contributed by atoms with Crippen LogP contribution in [0.3, 0.4) is 0 Å². The molecule has 1 aliphatic rings. The highest BCUT2D eigenvalue weighted by Gasteiger charge is 2.47. The molecule has 1 fully saturated rings. The zero-order valence-corrected chi connectivity index (χ0v) is 13.7. The highest BCUT2D eigenvalue weighted by Crippen LogP contribution is 2.54. The smallest absolute Gasteiger partial charge is 0.224 e. The molecule has 0 unspecified atom stereocenters. The molecule has 0 aromatic heterocycles. The van der Waals surface area contributed by atoms with Crippen molar-refractivity contribution < 1.29 is 4.79 Å². The van der Waals surface area contributed by atoms with Gasteiger partial charge in [0.25, 0.3) is 0 Å². The maximum absolute atomic E-state index is 12.1. The van der Waals surface area contributed by atoms with Gasteiger partial charge in [-0.05, 0) is 41.9 Å². The lowest BCUT2D eigenvalue weighted by molar-refractivity contribution is -0.122. The average Bonchev–Trinajstić information content (AvgIpc) is 2.38. The third-order valence-corrected chi connectivity index (χ3v) is 5.54. The first kappa shape index (κ1) is 15.7. The standard InChI is InChI=1S/C16H21Cl2NO/c1-4-10-7-11(16(10,2)3)8-15(20)19-12-5-6-13(17)14(18)9-12/h5-6,9-11H,4,7-8H2,1-3H3,(H,19,20)/t10-,11-/m1/s1. The molecule has 1 aliphatic carbocycles. The Morgan fingerprint density at radius 3 is 2.55 bits per heavy atom. The normalized spacial score (nSPS) is 24.1. The highest BCUT2D eigenvalue weighted by atomic mass is 35.5. The van der Waals surface area contributed by atoms with Gasteiger partial charge in [0.15, 0.2) is 0 Å². The average molecular weight is 314 g/mol. The summed E-state index contributed by atoms with van der Waals surface area (Å²) in [5.74, 6) is 1.26. The largest absolute Gasteiger partial charge is 0.326 e. The maximum atomic E-state index is 12.1. The minimum atomic E-state index is 0.0519. The van der Waals surface area contributed by atoms with Gasteiger partial charge in [0.2, 0.25) is 5.91 Å². The lowest BCUT2D eigenvalue weighted by atomic mass is 9.53. The van der Waals surface area contributed by atoms with Crippen LogP contribution in [0.25, 0.3) is 0 Å². The fourth-order valence-electron chi connectivity index (χ4n) is 3.17. The lowest BCUT2D eigenvalue weighted by Gasteiger charge is -2.52. The Balaban J connectivity index is 1.92. The molecular formula is C16H21Cl2NO. The van der Waals surface area contributed by atoms with E-state index >= 15 is 0 Å². The molecule has 0 aliphatic heterocycles. The fourth-order valence-corrected chi connectivity index (χ4v) is 3.47. The van der Waals surface area contributed by atoms with Crippen molar-refractivity contribution in [1.82, 2.24) is 0 Å². The molecule has 0 radical (unpaired) electrons. The Kier molecular flexibility index (Phi) is 4.66. The van der Waals surface area contributed by atoms with Gasteiger partial charge < -0.3 is 5.32 Å². The molecule has 0 spiro atoms. The summed E-state index contributed by atoms with van der Waals surface area (Å²) in [6.45, 7) is 6.75. The van der Waals surface area contributed by atoms with Crippen LogP contribution in [0.15, 0.2) is 18.2 Å². The first-order valence-electron chi connectivity index (χ1n) is 7.09. The summed E-state index contributed by atoms with van der Waals surface area (Å²) in [6.07, 6.45) is 2.92. The van der Waals surface area contributed by atoms with Gasteiger partial charge in [0.05, 0.1) is 10.0 Å². The molecule has 1 N–H and O–H groups in total. The van der Waals surface area contributed by atoms with E-state index in [0.717, 1.165) is 12.3 Å². The van der Waals surface area contributed by atoms with E-state index in [9.17, 15) is 4.79 Å². The van der Waals surface area contributed by atoms with Crippen molar-refractivity contribution >= 4 is 34.8 Å². The molecule has 1 amide bonds. The molecule has 0 saturated heterocycles. The van der Waals surface area contributed by atoms with Crippen molar-refractivity contribution in [2.24, 2.45) is 17.3 Å². The third kappa shape index (κ3) is 3.12. The van der Waals surface area contributed by atoms with Gasteiger partial charge in [-0.2, -0.15) is 0 Å². The van der Waals surface area contributed by atoms with E-state index in [1.165, 1.54) is 6.42 Å². The van der Waals surface area contributed by atoms with Gasteiger partial charge >= 0.3 is 0 Å². The quantitative estimate of drug-likeness (QED) is 0.792. The van der Waals surface area contributed by atoms with Crippen LogP contribution in [-0.4, -0.2) is 5.91 Å². The number of halogens is 2. The summed E-state index contributed by atoms with van der Waals surface area (Å²) in [5, 5.41) is 3.85. The first-order valence-corrected chi connectivity index (χ1v) is 7.85. The number of benzene rings is 1. The molecule has 2 rings (SSSR count). The first-order chi connectivity index (χ1) is 9.34. The SMILES string of the molecule is CC[C@@H]1C[C@H](CC(=O)Nc2ccc(Cl)c(Cl)c2)C1(C)C. The van der Waals surface area contributed by atoms with Crippen LogP contribution < -0.4 is 5.32 Å². The van der Waals surface area contributed by atoms with Crippen LogP contribution in [0.2, 0.25) is 10.0 Å². The third-order valence-electron chi connectivity index (χ3n) is 4.80. The van der Waals surface area contributed by atoms with E-state index in [4.69, 9.17) is 23.2 Å². The number of carbonyl (C=O) groups excluding carboxylic acids is 1. The van der Waals surface area contributed by atoms with E-state index in [2.05, 4.69) is 26.1 Å². The number of anilines is 1. The summed E-state index contributed by atoms with van der Waals surface area (Å²) in [6, 6.07) is 5.15. The van der Waals surface area contributed by atoms with Crippen molar-refractivity contribution in [3.63, 3.8) is 0 Å². The summed E-state index contributed by atoms with van der Waals surface area (Å²) < 4.78 is 0. The Bertz CT molecular complexity index is 513. The van der Waals surface area contributed by atoms with Gasteiger partial charge in [-0.15, -0.1) is 0 Å². The summed E-state index contributed by atoms with van der Waals surface area (Å²) in [7, 11) is 0. The van der Waals surface area contributed by atoms with Gasteiger partial charge in [-0.25, -0.2) is 0 Å². The molecule has 1 aromatic rings. The molecule has 1 aromatic carbocycles. The van der Waals surface area contributed by atoms with Crippen molar-refractivity contribution in [2.45, 2.75) is 40.0 Å². The Labute approximate surface area is 130 Å². The molecule has 2 atom stereocenters. The molecule has 1 saturated carbocycles. The van der Waals surface area contributed by atoms with Crippen LogP contribution in [0.4, 0.5) is 5.69 Å². The van der Waals surface area contributed by atoms with Crippen LogP contribution in [0, 0.1) is 17.3 Å². The second-order valence-corrected chi connectivity index (χ2v) is 7.05. The number of amides is 1. The number of hydrogen-bond donors (Lipinski definition) is 1. The highest BCUT2D eigenvalue weighted by molar-refractivity contribution is 6.42. The Morgan fingerprint density at radius 2 is 2.00 bits per heavy atom. The molecular weight excluding hydrogens is 293 g/mol. The second kappa shape index (κ2) is 5.95. The predicted molar refractivity (Wildman–Crippen MR) is 85.4 cm³/mol. The minimum Gasteiger partial charge on any atom is -0.326 e. The minimum absolute atomic E-state index is 0.0519. The number of nitrogens with one attached hydrogen (secondary N) is 1. The number of carbonyl (C=O) groups is 1. The van der Waals surface area contributed by atoms with Crippen LogP contribution in [-0.2, 0) is 4.79 Å². The monoisotopic (exact) mass is 313 g/mol. The molecule has 0 bridgehead atoms. The van der Waals surface area contributed by atoms with Gasteiger partial charge in [-0.1, -0.05) is 50.4 Å². The topological polar surface area (TPSA) is 29.1 Å². The van der Waals surface area contributed by atoms with Crippen molar-refractivity contribution in [3.05, 3.63) is 28.2 Å². The molecule has 110 valence electrons. The van der Waals surface area contributed by atoms with E-state index < -0.39 is 0 Å². The van der Waals surface area contributed by atoms with Crippen molar-refractivity contribution in [3.8, 4) is 0 Å². The number of rotatable bonds is 4. The van der Waals surface area contributed by atoms with Crippen LogP contribution in [0.5, 0.6) is 0 Å². The van der Waals surface area contributed by atoms with E-state index in [1.807, 2.05) is 0 Å². The van der Waals surface area contributed by atoms with Crippen molar-refractivity contribution in [2.75, 3.05) is 5.32 Å². The fraction of sp³-hybridized carbons (Fsp3) is 0.562. The van der Waals surface area contributed by atoms with E-state index in [0.29, 0.717) is 28.1 Å². The van der Waals surface area contributed by atoms with Gasteiger partial charge in [0.1, 0.15) is 0 Å². The maximum Gasteiger partial charge on any atom is 0.224 e. The molecule has 20 heavy (non-hydrogen) atoms. The van der Waals surface area contributed by atoms with Crippen LogP contribution in [0.1, 0.15) is 40.0 Å². The predicted octanol–water partition coefficient (Wildman–Crippen LogP) is 5.39. The van der Waals surface area contributed by atoms with E-state index in [1.54, 1.807) is 18.2 Å². The van der Waals surface area contributed by atoms with Gasteiger partial charge in [-0.3, -0.25) is 4.79 Å². The lowest BCUT2D eigenvalue weighted by Crippen LogP contribution is -2.45. The summed E-state index contributed by atoms with van der Waals surface area (Å²) in [5.41, 5.74) is 0.970. The van der Waals surface area contributed by atoms with Gasteiger partial charge in [0, 0.05) is 12.1 Å². The molecule has 4 heteroatoms. The zero-order valence-electron chi connectivity index (χ0n) is 12.2.